The molecule has 0 saturated carbocycles. The van der Waals surface area contributed by atoms with E-state index in [0.717, 1.165) is 11.6 Å². The number of nitrogens with one attached hydrogen (secondary N) is 1. The summed E-state index contributed by atoms with van der Waals surface area (Å²) in [6.45, 7) is 2.81. The SMILES string of the molecule is C[C@@H](NC(=O)c1ccc([N+](=O)[O-])cc1Cl)c1ccc2c(c1)OCCO2. The largest absolute Gasteiger partial charge is 0.486 e. The zero-order valence-corrected chi connectivity index (χ0v) is 14.1. The molecule has 0 aromatic heterocycles. The molecule has 2 aromatic carbocycles. The number of non-ortho nitro benzene ring substituents is 1. The van der Waals surface area contributed by atoms with Crippen molar-refractivity contribution < 1.29 is 19.2 Å². The Morgan fingerprint density at radius 1 is 1.20 bits per heavy atom. The number of fused-ring (bicyclic) bond motifs is 1. The first-order valence-electron chi connectivity index (χ1n) is 7.60. The van der Waals surface area contributed by atoms with Gasteiger partial charge in [0.2, 0.25) is 0 Å². The van der Waals surface area contributed by atoms with Crippen LogP contribution in [0.2, 0.25) is 5.02 Å². The second-order valence-corrected chi connectivity index (χ2v) is 5.93. The summed E-state index contributed by atoms with van der Waals surface area (Å²) in [4.78, 5) is 22.6. The van der Waals surface area contributed by atoms with Crippen LogP contribution in [0, 0.1) is 10.1 Å². The zero-order valence-electron chi connectivity index (χ0n) is 13.3. The van der Waals surface area contributed by atoms with Gasteiger partial charge in [-0.3, -0.25) is 14.9 Å². The molecule has 1 amide bonds. The molecule has 0 bridgehead atoms. The summed E-state index contributed by atoms with van der Waals surface area (Å²) in [5.41, 5.74) is 0.855. The molecule has 0 radical (unpaired) electrons. The molecule has 2 aromatic rings. The van der Waals surface area contributed by atoms with Crippen LogP contribution in [0.1, 0.15) is 28.9 Å². The third-order valence-electron chi connectivity index (χ3n) is 3.82. The Bertz CT molecular complexity index is 840. The molecule has 1 aliphatic rings. The molecule has 25 heavy (non-hydrogen) atoms. The lowest BCUT2D eigenvalue weighted by Crippen LogP contribution is -2.27. The molecule has 0 saturated heterocycles. The number of nitro groups is 1. The maximum Gasteiger partial charge on any atom is 0.270 e. The van der Waals surface area contributed by atoms with Gasteiger partial charge in [-0.15, -0.1) is 0 Å². The number of ether oxygens (including phenoxy) is 2. The molecule has 0 unspecified atom stereocenters. The smallest absolute Gasteiger partial charge is 0.270 e. The number of hydrogen-bond acceptors (Lipinski definition) is 5. The summed E-state index contributed by atoms with van der Waals surface area (Å²) in [7, 11) is 0. The van der Waals surface area contributed by atoms with Crippen molar-refractivity contribution in [2.45, 2.75) is 13.0 Å². The quantitative estimate of drug-likeness (QED) is 0.663. The first-order chi connectivity index (χ1) is 12.0. The van der Waals surface area contributed by atoms with Crippen molar-refractivity contribution in [2.75, 3.05) is 13.2 Å². The van der Waals surface area contributed by atoms with Crippen LogP contribution in [0.15, 0.2) is 36.4 Å². The van der Waals surface area contributed by atoms with Crippen molar-refractivity contribution in [1.29, 1.82) is 0 Å². The first-order valence-corrected chi connectivity index (χ1v) is 7.98. The van der Waals surface area contributed by atoms with E-state index >= 15 is 0 Å². The van der Waals surface area contributed by atoms with Crippen LogP contribution in [-0.2, 0) is 0 Å². The average molecular weight is 363 g/mol. The Kier molecular flexibility index (Phi) is 4.76. The number of carbonyl (C=O) groups excluding carboxylic acids is 1. The fourth-order valence-electron chi connectivity index (χ4n) is 2.49. The minimum absolute atomic E-state index is 0.0288. The van der Waals surface area contributed by atoms with Crippen molar-refractivity contribution in [1.82, 2.24) is 5.32 Å². The highest BCUT2D eigenvalue weighted by Crippen LogP contribution is 2.32. The van der Waals surface area contributed by atoms with Crippen LogP contribution in [0.25, 0.3) is 0 Å². The molecular weight excluding hydrogens is 348 g/mol. The van der Waals surface area contributed by atoms with Crippen molar-refractivity contribution in [3.05, 3.63) is 62.7 Å². The van der Waals surface area contributed by atoms with Crippen molar-refractivity contribution >= 4 is 23.2 Å². The summed E-state index contributed by atoms with van der Waals surface area (Å²) in [5.74, 6) is 0.896. The fraction of sp³-hybridized carbons (Fsp3) is 0.235. The summed E-state index contributed by atoms with van der Waals surface area (Å²) in [6.07, 6.45) is 0. The lowest BCUT2D eigenvalue weighted by atomic mass is 10.1. The van der Waals surface area contributed by atoms with Gasteiger partial charge >= 0.3 is 0 Å². The van der Waals surface area contributed by atoms with E-state index in [9.17, 15) is 14.9 Å². The minimum atomic E-state index is -0.564. The third kappa shape index (κ3) is 3.66. The Morgan fingerprint density at radius 3 is 2.60 bits per heavy atom. The Hall–Kier alpha value is -2.80. The monoisotopic (exact) mass is 362 g/mol. The molecule has 0 aliphatic carbocycles. The average Bonchev–Trinajstić information content (AvgIpc) is 2.60. The van der Waals surface area contributed by atoms with Crippen LogP contribution in [0.4, 0.5) is 5.69 Å². The predicted octanol–water partition coefficient (Wildman–Crippen LogP) is 3.51. The van der Waals surface area contributed by atoms with E-state index in [1.54, 1.807) is 6.07 Å². The summed E-state index contributed by atoms with van der Waals surface area (Å²) in [5, 5.41) is 13.6. The number of rotatable bonds is 4. The molecule has 1 heterocycles. The number of halogens is 1. The van der Waals surface area contributed by atoms with E-state index in [2.05, 4.69) is 5.32 Å². The van der Waals surface area contributed by atoms with Crippen LogP contribution in [-0.4, -0.2) is 24.0 Å². The van der Waals surface area contributed by atoms with Gasteiger partial charge < -0.3 is 14.8 Å². The Morgan fingerprint density at radius 2 is 1.92 bits per heavy atom. The van der Waals surface area contributed by atoms with E-state index in [-0.39, 0.29) is 22.3 Å². The van der Waals surface area contributed by atoms with E-state index in [4.69, 9.17) is 21.1 Å². The van der Waals surface area contributed by atoms with Gasteiger partial charge in [-0.2, -0.15) is 0 Å². The molecule has 7 nitrogen and oxygen atoms in total. The van der Waals surface area contributed by atoms with Gasteiger partial charge in [0.25, 0.3) is 11.6 Å². The maximum absolute atomic E-state index is 12.4. The Labute approximate surface area is 148 Å². The molecule has 1 aliphatic heterocycles. The number of amides is 1. The number of benzene rings is 2. The van der Waals surface area contributed by atoms with E-state index in [1.165, 1.54) is 12.1 Å². The predicted molar refractivity (Wildman–Crippen MR) is 91.4 cm³/mol. The van der Waals surface area contributed by atoms with Gasteiger partial charge in [-0.25, -0.2) is 0 Å². The van der Waals surface area contributed by atoms with Crippen LogP contribution in [0.5, 0.6) is 11.5 Å². The highest BCUT2D eigenvalue weighted by atomic mass is 35.5. The standard InChI is InChI=1S/C17H15ClN2O5/c1-10(11-2-5-15-16(8-11)25-7-6-24-15)19-17(21)13-4-3-12(20(22)23)9-14(13)18/h2-5,8-10H,6-7H2,1H3,(H,19,21)/t10-/m1/s1. The van der Waals surface area contributed by atoms with E-state index in [0.29, 0.717) is 24.7 Å². The minimum Gasteiger partial charge on any atom is -0.486 e. The molecular formula is C17H15ClN2O5. The first kappa shape index (κ1) is 17.0. The molecule has 0 fully saturated rings. The van der Waals surface area contributed by atoms with E-state index < -0.39 is 10.8 Å². The number of hydrogen-bond donors (Lipinski definition) is 1. The molecule has 1 N–H and O–H groups in total. The fourth-order valence-corrected chi connectivity index (χ4v) is 2.75. The number of nitrogens with zero attached hydrogens (tertiary/aromatic N) is 1. The van der Waals surface area contributed by atoms with Crippen molar-refractivity contribution in [2.24, 2.45) is 0 Å². The molecule has 0 spiro atoms. The van der Waals surface area contributed by atoms with Gasteiger partial charge in [0.15, 0.2) is 11.5 Å². The van der Waals surface area contributed by atoms with Crippen molar-refractivity contribution in [3.8, 4) is 11.5 Å². The highest BCUT2D eigenvalue weighted by Gasteiger charge is 2.19. The van der Waals surface area contributed by atoms with Gasteiger partial charge in [0.05, 0.1) is 21.6 Å². The highest BCUT2D eigenvalue weighted by molar-refractivity contribution is 6.34. The van der Waals surface area contributed by atoms with Gasteiger partial charge in [-0.05, 0) is 30.7 Å². The van der Waals surface area contributed by atoms with Gasteiger partial charge in [-0.1, -0.05) is 17.7 Å². The number of carbonyl (C=O) groups is 1. The summed E-state index contributed by atoms with van der Waals surface area (Å²) in [6, 6.07) is 8.89. The van der Waals surface area contributed by atoms with Crippen LogP contribution in [0.3, 0.4) is 0 Å². The second-order valence-electron chi connectivity index (χ2n) is 5.52. The summed E-state index contributed by atoms with van der Waals surface area (Å²) < 4.78 is 11.0. The summed E-state index contributed by atoms with van der Waals surface area (Å²) >= 11 is 5.99. The molecule has 8 heteroatoms. The third-order valence-corrected chi connectivity index (χ3v) is 4.13. The Balaban J connectivity index is 1.75. The van der Waals surface area contributed by atoms with Gasteiger partial charge in [0.1, 0.15) is 13.2 Å². The normalized spacial score (nSPS) is 13.8. The van der Waals surface area contributed by atoms with E-state index in [1.807, 2.05) is 19.1 Å². The molecule has 1 atom stereocenters. The van der Waals surface area contributed by atoms with Crippen LogP contribution >= 0.6 is 11.6 Å². The lowest BCUT2D eigenvalue weighted by Gasteiger charge is -2.21. The second kappa shape index (κ2) is 6.98. The lowest BCUT2D eigenvalue weighted by molar-refractivity contribution is -0.384. The van der Waals surface area contributed by atoms with Crippen LogP contribution < -0.4 is 14.8 Å². The molecule has 3 rings (SSSR count). The van der Waals surface area contributed by atoms with Crippen molar-refractivity contribution in [3.63, 3.8) is 0 Å². The zero-order chi connectivity index (χ0) is 18.0. The number of nitro benzene ring substituents is 1. The topological polar surface area (TPSA) is 90.7 Å². The van der Waals surface area contributed by atoms with Gasteiger partial charge in [0, 0.05) is 12.1 Å². The maximum atomic E-state index is 12.4. The molecule has 130 valence electrons.